The minimum absolute atomic E-state index is 0.0129. The van der Waals surface area contributed by atoms with Crippen LogP contribution < -0.4 is 4.90 Å². The lowest BCUT2D eigenvalue weighted by Crippen LogP contribution is -2.28. The molecule has 0 aliphatic heterocycles. The van der Waals surface area contributed by atoms with E-state index >= 15 is 0 Å². The van der Waals surface area contributed by atoms with Crippen LogP contribution in [-0.2, 0) is 6.54 Å². The molecule has 1 heterocycles. The summed E-state index contributed by atoms with van der Waals surface area (Å²) in [6.07, 6.45) is 3.89. The fraction of sp³-hybridized carbons (Fsp3) is 0.400. The number of aromatic nitrogens is 1. The summed E-state index contributed by atoms with van der Waals surface area (Å²) in [5.74, 6) is -0.0129. The molecule has 1 aromatic carbocycles. The Balaban J connectivity index is 2.05. The van der Waals surface area contributed by atoms with Gasteiger partial charge in [0.25, 0.3) is 5.91 Å². The minimum Gasteiger partial charge on any atom is -0.366 e. The molecule has 0 spiro atoms. The second-order valence-corrected chi connectivity index (χ2v) is 5.98. The molecule has 0 radical (unpaired) electrons. The fourth-order valence-electron chi connectivity index (χ4n) is 2.58. The number of nitrogens with zero attached hydrogens (tertiary/aromatic N) is 3. The number of carbonyl (C=O) groups is 1. The van der Waals surface area contributed by atoms with Gasteiger partial charge in [-0.05, 0) is 31.0 Å². The summed E-state index contributed by atoms with van der Waals surface area (Å²) in [6.45, 7) is 6.74. The molecule has 2 rings (SSSR count). The first kappa shape index (κ1) is 18.0. The van der Waals surface area contributed by atoms with Crippen molar-refractivity contribution in [2.24, 2.45) is 0 Å². The molecule has 0 saturated heterocycles. The van der Waals surface area contributed by atoms with Gasteiger partial charge in [-0.15, -0.1) is 0 Å². The van der Waals surface area contributed by atoms with Gasteiger partial charge in [-0.1, -0.05) is 43.7 Å². The number of benzene rings is 1. The Morgan fingerprint density at radius 3 is 2.42 bits per heavy atom. The quantitative estimate of drug-likeness (QED) is 0.736. The van der Waals surface area contributed by atoms with Crippen LogP contribution >= 0.6 is 0 Å². The maximum Gasteiger partial charge on any atom is 0.272 e. The molecule has 24 heavy (non-hydrogen) atoms. The minimum atomic E-state index is -0.0129. The van der Waals surface area contributed by atoms with Crippen molar-refractivity contribution in [2.75, 3.05) is 25.0 Å². The lowest BCUT2D eigenvalue weighted by molar-refractivity contribution is 0.0787. The Labute approximate surface area is 145 Å². The Morgan fingerprint density at radius 1 is 1.08 bits per heavy atom. The highest BCUT2D eigenvalue weighted by Crippen LogP contribution is 2.17. The largest absolute Gasteiger partial charge is 0.366 e. The van der Waals surface area contributed by atoms with E-state index in [-0.39, 0.29) is 5.91 Å². The normalized spacial score (nSPS) is 10.5. The van der Waals surface area contributed by atoms with E-state index in [2.05, 4.69) is 48.0 Å². The second kappa shape index (κ2) is 9.06. The van der Waals surface area contributed by atoms with E-state index in [0.29, 0.717) is 5.69 Å². The van der Waals surface area contributed by atoms with Crippen molar-refractivity contribution in [3.63, 3.8) is 0 Å². The predicted molar refractivity (Wildman–Crippen MR) is 99.3 cm³/mol. The van der Waals surface area contributed by atoms with E-state index in [1.807, 2.05) is 25.2 Å². The number of amides is 1. The van der Waals surface area contributed by atoms with Crippen molar-refractivity contribution in [2.45, 2.75) is 33.2 Å². The fourth-order valence-corrected chi connectivity index (χ4v) is 2.58. The van der Waals surface area contributed by atoms with E-state index in [1.165, 1.54) is 5.56 Å². The Morgan fingerprint density at radius 2 is 1.83 bits per heavy atom. The van der Waals surface area contributed by atoms with E-state index in [0.717, 1.165) is 38.2 Å². The molecule has 1 amide bonds. The Kier molecular flexibility index (Phi) is 6.79. The number of carbonyl (C=O) groups excluding carboxylic acids is 1. The molecule has 2 aromatic rings. The number of pyridine rings is 1. The predicted octanol–water partition coefficient (Wildman–Crippen LogP) is 3.98. The zero-order valence-electron chi connectivity index (χ0n) is 14.9. The van der Waals surface area contributed by atoms with Gasteiger partial charge in [-0.3, -0.25) is 4.79 Å². The molecule has 0 saturated carbocycles. The van der Waals surface area contributed by atoms with Crippen LogP contribution in [0.4, 0.5) is 5.69 Å². The topological polar surface area (TPSA) is 36.4 Å². The highest BCUT2D eigenvalue weighted by molar-refractivity contribution is 5.92. The number of anilines is 1. The summed E-state index contributed by atoms with van der Waals surface area (Å²) in [6, 6.07) is 14.2. The maximum atomic E-state index is 12.3. The molecule has 0 fully saturated rings. The third-order valence-electron chi connectivity index (χ3n) is 4.12. The lowest BCUT2D eigenvalue weighted by atomic mass is 10.2. The average molecular weight is 325 g/mol. The van der Waals surface area contributed by atoms with Crippen LogP contribution in [0, 0.1) is 0 Å². The van der Waals surface area contributed by atoms with Crippen LogP contribution in [0.15, 0.2) is 48.7 Å². The number of rotatable bonds is 8. The number of hydrogen-bond donors (Lipinski definition) is 0. The monoisotopic (exact) mass is 325 g/mol. The van der Waals surface area contributed by atoms with Crippen LogP contribution in [-0.4, -0.2) is 35.9 Å². The first-order valence-corrected chi connectivity index (χ1v) is 8.66. The molecule has 0 N–H and O–H groups in total. The summed E-state index contributed by atoms with van der Waals surface area (Å²) in [7, 11) is 1.83. The van der Waals surface area contributed by atoms with Crippen molar-refractivity contribution in [3.8, 4) is 0 Å². The molecule has 0 aliphatic rings. The first-order chi connectivity index (χ1) is 11.7. The van der Waals surface area contributed by atoms with Crippen LogP contribution in [0.2, 0.25) is 0 Å². The molecule has 0 unspecified atom stereocenters. The second-order valence-electron chi connectivity index (χ2n) is 5.98. The van der Waals surface area contributed by atoms with E-state index in [1.54, 1.807) is 11.1 Å². The van der Waals surface area contributed by atoms with Crippen molar-refractivity contribution in [1.82, 2.24) is 9.88 Å². The van der Waals surface area contributed by atoms with Crippen molar-refractivity contribution >= 4 is 11.6 Å². The smallest absolute Gasteiger partial charge is 0.272 e. The van der Waals surface area contributed by atoms with Crippen molar-refractivity contribution in [3.05, 3.63) is 59.9 Å². The molecule has 4 heteroatoms. The van der Waals surface area contributed by atoms with Gasteiger partial charge in [-0.2, -0.15) is 0 Å². The Hall–Kier alpha value is -2.36. The molecule has 0 aliphatic carbocycles. The SMILES string of the molecule is CCCCN(C)C(=O)c1ccc(N(CC)Cc2ccccc2)cn1. The molecular weight excluding hydrogens is 298 g/mol. The summed E-state index contributed by atoms with van der Waals surface area (Å²) in [4.78, 5) is 20.7. The lowest BCUT2D eigenvalue weighted by Gasteiger charge is -2.23. The summed E-state index contributed by atoms with van der Waals surface area (Å²) in [5, 5.41) is 0. The van der Waals surface area contributed by atoms with Gasteiger partial charge >= 0.3 is 0 Å². The zero-order valence-corrected chi connectivity index (χ0v) is 14.9. The van der Waals surface area contributed by atoms with Gasteiger partial charge in [0, 0.05) is 26.7 Å². The molecule has 0 bridgehead atoms. The molecular formula is C20H27N3O. The summed E-state index contributed by atoms with van der Waals surface area (Å²) >= 11 is 0. The van der Waals surface area contributed by atoms with Gasteiger partial charge in [0.05, 0.1) is 11.9 Å². The number of hydrogen-bond acceptors (Lipinski definition) is 3. The summed E-state index contributed by atoms with van der Waals surface area (Å²) in [5.41, 5.74) is 2.81. The van der Waals surface area contributed by atoms with E-state index in [4.69, 9.17) is 0 Å². The van der Waals surface area contributed by atoms with Crippen LogP contribution in [0.5, 0.6) is 0 Å². The van der Waals surface area contributed by atoms with E-state index in [9.17, 15) is 4.79 Å². The van der Waals surface area contributed by atoms with Crippen molar-refractivity contribution < 1.29 is 4.79 Å². The van der Waals surface area contributed by atoms with Crippen molar-refractivity contribution in [1.29, 1.82) is 0 Å². The highest BCUT2D eigenvalue weighted by atomic mass is 16.2. The Bertz CT molecular complexity index is 625. The average Bonchev–Trinajstić information content (AvgIpc) is 2.64. The zero-order chi connectivity index (χ0) is 17.4. The van der Waals surface area contributed by atoms with E-state index < -0.39 is 0 Å². The number of unbranched alkanes of at least 4 members (excludes halogenated alkanes) is 1. The van der Waals surface area contributed by atoms with Crippen LogP contribution in [0.25, 0.3) is 0 Å². The standard InChI is InChI=1S/C20H27N3O/c1-4-6-14-22(3)20(24)19-13-12-18(15-21-19)23(5-2)16-17-10-8-7-9-11-17/h7-13,15H,4-6,14,16H2,1-3H3. The summed E-state index contributed by atoms with van der Waals surface area (Å²) < 4.78 is 0. The van der Waals surface area contributed by atoms with Gasteiger partial charge < -0.3 is 9.80 Å². The molecule has 128 valence electrons. The molecule has 4 nitrogen and oxygen atoms in total. The van der Waals surface area contributed by atoms with Crippen LogP contribution in [0.1, 0.15) is 42.7 Å². The third kappa shape index (κ3) is 4.82. The van der Waals surface area contributed by atoms with Gasteiger partial charge in [-0.25, -0.2) is 4.98 Å². The van der Waals surface area contributed by atoms with Crippen LogP contribution in [0.3, 0.4) is 0 Å². The third-order valence-corrected chi connectivity index (χ3v) is 4.12. The first-order valence-electron chi connectivity index (χ1n) is 8.66. The van der Waals surface area contributed by atoms with Gasteiger partial charge in [0.2, 0.25) is 0 Å². The molecule has 0 atom stereocenters. The van der Waals surface area contributed by atoms with Gasteiger partial charge in [0.15, 0.2) is 0 Å². The maximum absolute atomic E-state index is 12.3. The highest BCUT2D eigenvalue weighted by Gasteiger charge is 2.13. The van der Waals surface area contributed by atoms with Gasteiger partial charge in [0.1, 0.15) is 5.69 Å². The molecule has 1 aromatic heterocycles.